The Morgan fingerprint density at radius 2 is 1.65 bits per heavy atom. The summed E-state index contributed by atoms with van der Waals surface area (Å²) in [6.45, 7) is 3.46. The van der Waals surface area contributed by atoms with Crippen molar-refractivity contribution in [2.45, 2.75) is 33.8 Å². The summed E-state index contributed by atoms with van der Waals surface area (Å²) in [5, 5.41) is 8.60. The minimum Gasteiger partial charge on any atom is -0.481 e. The van der Waals surface area contributed by atoms with Crippen LogP contribution in [0, 0.1) is 47.4 Å². The van der Waals surface area contributed by atoms with E-state index in [4.69, 9.17) is 9.84 Å². The molecule has 1 N–H and O–H groups in total. The maximum atomic E-state index is 13.8. The molecule has 2 rings (SSSR count). The second-order valence-corrected chi connectivity index (χ2v) is 6.82. The van der Waals surface area contributed by atoms with Gasteiger partial charge in [0.15, 0.2) is 23.3 Å². The van der Waals surface area contributed by atoms with Gasteiger partial charge in [0.25, 0.3) is 0 Å². The van der Waals surface area contributed by atoms with E-state index < -0.39 is 64.3 Å². The van der Waals surface area contributed by atoms with Crippen molar-refractivity contribution in [3.63, 3.8) is 0 Å². The van der Waals surface area contributed by atoms with Crippen molar-refractivity contribution >= 4 is 11.9 Å². The maximum Gasteiger partial charge on any atom is 0.310 e. The van der Waals surface area contributed by atoms with Crippen LogP contribution in [0.25, 0.3) is 0 Å². The van der Waals surface area contributed by atoms with Crippen LogP contribution in [0.5, 0.6) is 0 Å². The van der Waals surface area contributed by atoms with Crippen LogP contribution in [0.2, 0.25) is 0 Å². The van der Waals surface area contributed by atoms with Crippen LogP contribution in [0.15, 0.2) is 12.2 Å². The number of carboxylic acids is 1. The van der Waals surface area contributed by atoms with Gasteiger partial charge in [0.2, 0.25) is 0 Å². The zero-order chi connectivity index (χ0) is 19.8. The minimum absolute atomic E-state index is 0.202. The molecule has 26 heavy (non-hydrogen) atoms. The van der Waals surface area contributed by atoms with Crippen molar-refractivity contribution in [2.24, 2.45) is 17.3 Å². The first-order valence-electron chi connectivity index (χ1n) is 7.86. The van der Waals surface area contributed by atoms with Gasteiger partial charge in [-0.3, -0.25) is 9.59 Å². The van der Waals surface area contributed by atoms with Crippen LogP contribution >= 0.6 is 0 Å². The molecule has 0 spiro atoms. The molecular formula is C18H18F4O4. The highest BCUT2D eigenvalue weighted by atomic mass is 19.2. The summed E-state index contributed by atoms with van der Waals surface area (Å²) >= 11 is 0. The summed E-state index contributed by atoms with van der Waals surface area (Å²) in [7, 11) is 0. The fourth-order valence-corrected chi connectivity index (χ4v) is 2.95. The molecular weight excluding hydrogens is 356 g/mol. The molecule has 8 heteroatoms. The fourth-order valence-electron chi connectivity index (χ4n) is 2.95. The van der Waals surface area contributed by atoms with Crippen molar-refractivity contribution < 1.29 is 37.0 Å². The van der Waals surface area contributed by atoms with Gasteiger partial charge in [-0.25, -0.2) is 17.6 Å². The van der Waals surface area contributed by atoms with Gasteiger partial charge in [-0.05, 0) is 18.3 Å². The molecule has 0 saturated heterocycles. The lowest BCUT2D eigenvalue weighted by Crippen LogP contribution is -2.14. The Bertz CT molecular complexity index is 757. The highest BCUT2D eigenvalue weighted by Gasteiger charge is 2.61. The first-order valence-corrected chi connectivity index (χ1v) is 7.86. The summed E-state index contributed by atoms with van der Waals surface area (Å²) in [5.74, 6) is -8.99. The molecule has 4 nitrogen and oxygen atoms in total. The molecule has 1 saturated carbocycles. The normalized spacial score (nSPS) is 21.0. The Morgan fingerprint density at radius 3 is 2.15 bits per heavy atom. The Kier molecular flexibility index (Phi) is 5.44. The number of allylic oxidation sites excluding steroid dienone is 1. The zero-order valence-electron chi connectivity index (χ0n) is 14.4. The van der Waals surface area contributed by atoms with E-state index in [9.17, 15) is 27.2 Å². The smallest absolute Gasteiger partial charge is 0.310 e. The third-order valence-electron chi connectivity index (χ3n) is 4.73. The molecule has 1 aliphatic carbocycles. The van der Waals surface area contributed by atoms with Gasteiger partial charge in [0.1, 0.15) is 6.61 Å². The molecule has 2 atom stereocenters. The second-order valence-electron chi connectivity index (χ2n) is 6.82. The SMILES string of the molecule is Cc1c(F)c(F)c(COC(=O)C2C(/C=C/CC(=O)O)C2(C)C)c(F)c1F. The van der Waals surface area contributed by atoms with Gasteiger partial charge in [-0.2, -0.15) is 0 Å². The second kappa shape index (κ2) is 7.09. The zero-order valence-corrected chi connectivity index (χ0v) is 14.4. The van der Waals surface area contributed by atoms with Crippen molar-refractivity contribution in [3.05, 3.63) is 46.5 Å². The Balaban J connectivity index is 2.08. The van der Waals surface area contributed by atoms with Crippen LogP contribution in [0.3, 0.4) is 0 Å². The third-order valence-corrected chi connectivity index (χ3v) is 4.73. The number of rotatable bonds is 6. The molecule has 0 radical (unpaired) electrons. The van der Waals surface area contributed by atoms with Gasteiger partial charge in [0, 0.05) is 5.56 Å². The van der Waals surface area contributed by atoms with E-state index in [2.05, 4.69) is 0 Å². The minimum atomic E-state index is -1.60. The molecule has 0 bridgehead atoms. The van der Waals surface area contributed by atoms with Crippen molar-refractivity contribution in [1.29, 1.82) is 0 Å². The standard InChI is InChI=1S/C18H18F4O4/c1-8-13(19)15(21)9(16(22)14(8)20)7-26-17(25)12-10(18(12,2)3)5-4-6-11(23)24/h4-5,10,12H,6-7H2,1-3H3,(H,23,24)/b5-4+. The number of hydrogen-bond acceptors (Lipinski definition) is 3. The number of carbonyl (C=O) groups is 2. The topological polar surface area (TPSA) is 63.6 Å². The summed E-state index contributed by atoms with van der Waals surface area (Å²) in [6, 6.07) is 0. The van der Waals surface area contributed by atoms with Gasteiger partial charge < -0.3 is 9.84 Å². The lowest BCUT2D eigenvalue weighted by molar-refractivity contribution is -0.147. The van der Waals surface area contributed by atoms with Crippen molar-refractivity contribution in [3.8, 4) is 0 Å². The summed E-state index contributed by atoms with van der Waals surface area (Å²) in [5.41, 5.74) is -2.30. The van der Waals surface area contributed by atoms with Crippen molar-refractivity contribution in [2.75, 3.05) is 0 Å². The van der Waals surface area contributed by atoms with E-state index in [0.29, 0.717) is 0 Å². The lowest BCUT2D eigenvalue weighted by Gasteiger charge is -2.10. The van der Waals surface area contributed by atoms with Crippen molar-refractivity contribution in [1.82, 2.24) is 0 Å². The summed E-state index contributed by atoms with van der Waals surface area (Å²) in [4.78, 5) is 22.7. The molecule has 1 aromatic carbocycles. The van der Waals surface area contributed by atoms with Gasteiger partial charge in [0.05, 0.1) is 17.9 Å². The maximum absolute atomic E-state index is 13.8. The number of halogens is 4. The first-order chi connectivity index (χ1) is 12.0. The lowest BCUT2D eigenvalue weighted by atomic mass is 10.1. The van der Waals surface area contributed by atoms with E-state index in [-0.39, 0.29) is 12.3 Å². The quantitative estimate of drug-likeness (QED) is 0.355. The van der Waals surface area contributed by atoms with Gasteiger partial charge >= 0.3 is 11.9 Å². The van der Waals surface area contributed by atoms with Gasteiger partial charge in [-0.1, -0.05) is 26.0 Å². The molecule has 0 heterocycles. The first kappa shape index (κ1) is 19.9. The van der Waals surface area contributed by atoms with E-state index >= 15 is 0 Å². The number of aliphatic carboxylic acids is 1. The molecule has 0 aliphatic heterocycles. The monoisotopic (exact) mass is 374 g/mol. The van der Waals surface area contributed by atoms with Crippen LogP contribution < -0.4 is 0 Å². The number of ether oxygens (including phenoxy) is 1. The Labute approximate surface area is 147 Å². The Morgan fingerprint density at radius 1 is 1.12 bits per heavy atom. The van der Waals surface area contributed by atoms with Gasteiger partial charge in [-0.15, -0.1) is 0 Å². The largest absolute Gasteiger partial charge is 0.481 e. The van der Waals surface area contributed by atoms with E-state index in [1.165, 1.54) is 6.08 Å². The number of carbonyl (C=O) groups excluding carboxylic acids is 1. The molecule has 1 fully saturated rings. The van der Waals surface area contributed by atoms with Crippen LogP contribution in [-0.4, -0.2) is 17.0 Å². The van der Waals surface area contributed by atoms with Crippen LogP contribution in [0.1, 0.15) is 31.4 Å². The fraction of sp³-hybridized carbons (Fsp3) is 0.444. The van der Waals surface area contributed by atoms with Crippen LogP contribution in [0.4, 0.5) is 17.6 Å². The molecule has 142 valence electrons. The highest BCUT2D eigenvalue weighted by Crippen LogP contribution is 2.59. The predicted molar refractivity (Wildman–Crippen MR) is 83.0 cm³/mol. The van der Waals surface area contributed by atoms with E-state index in [1.54, 1.807) is 19.9 Å². The molecule has 2 unspecified atom stereocenters. The average molecular weight is 374 g/mol. The molecule has 0 aromatic heterocycles. The van der Waals surface area contributed by atoms with Crippen LogP contribution in [-0.2, 0) is 20.9 Å². The summed E-state index contributed by atoms with van der Waals surface area (Å²) < 4.78 is 59.5. The van der Waals surface area contributed by atoms with E-state index in [1.807, 2.05) is 0 Å². The molecule has 1 aromatic rings. The average Bonchev–Trinajstić information content (AvgIpc) is 3.11. The predicted octanol–water partition coefficient (Wildman–Crippen LogP) is 3.90. The number of carboxylic acid groups (broad SMARTS) is 1. The number of esters is 1. The van der Waals surface area contributed by atoms with E-state index in [0.717, 1.165) is 6.92 Å². The molecule has 1 aliphatic rings. The highest BCUT2D eigenvalue weighted by molar-refractivity contribution is 5.78. The Hall–Kier alpha value is -2.38. The number of hydrogen-bond donors (Lipinski definition) is 1. The summed E-state index contributed by atoms with van der Waals surface area (Å²) in [6.07, 6.45) is 2.78. The number of benzene rings is 1. The third kappa shape index (κ3) is 3.59. The molecule has 0 amide bonds.